The van der Waals surface area contributed by atoms with Crippen LogP contribution in [0.1, 0.15) is 13.3 Å². The second-order valence-electron chi connectivity index (χ2n) is 9.35. The Labute approximate surface area is 210 Å². The van der Waals surface area contributed by atoms with Crippen molar-refractivity contribution >= 4 is 21.9 Å². The smallest absolute Gasteiger partial charge is 0.255 e. The lowest BCUT2D eigenvalue weighted by Crippen LogP contribution is -2.45. The van der Waals surface area contributed by atoms with Gasteiger partial charge in [-0.3, -0.25) is 4.57 Å². The molecule has 0 saturated carbocycles. The van der Waals surface area contributed by atoms with Crippen LogP contribution in [0.15, 0.2) is 109 Å². The zero-order valence-corrected chi connectivity index (χ0v) is 20.1. The van der Waals surface area contributed by atoms with Crippen molar-refractivity contribution in [3.05, 3.63) is 109 Å². The number of nitrogens with zero attached hydrogens (tertiary/aromatic N) is 3. The Morgan fingerprint density at radius 3 is 2.44 bits per heavy atom. The minimum atomic E-state index is 0.224. The van der Waals surface area contributed by atoms with Crippen LogP contribution in [-0.2, 0) is 6.54 Å². The molecule has 1 unspecified atom stereocenters. The fourth-order valence-electron chi connectivity index (χ4n) is 5.38. The van der Waals surface area contributed by atoms with Gasteiger partial charge in [-0.1, -0.05) is 61.5 Å². The van der Waals surface area contributed by atoms with Gasteiger partial charge in [0.15, 0.2) is 24.6 Å². The van der Waals surface area contributed by atoms with E-state index in [2.05, 4.69) is 113 Å². The van der Waals surface area contributed by atoms with Gasteiger partial charge in [-0.05, 0) is 60.0 Å². The Balaban J connectivity index is 1.34. The lowest BCUT2D eigenvalue weighted by Gasteiger charge is -2.21. The number of fused-ring (bicyclic) bond motifs is 1. The molecule has 174 valence electrons. The summed E-state index contributed by atoms with van der Waals surface area (Å²) >= 11 is 0. The largest absolute Gasteiger partial charge is 0.477 e. The summed E-state index contributed by atoms with van der Waals surface area (Å²) in [4.78, 5) is 5.01. The van der Waals surface area contributed by atoms with E-state index in [9.17, 15) is 0 Å². The third kappa shape index (κ3) is 3.29. The van der Waals surface area contributed by atoms with E-state index < -0.39 is 0 Å². The maximum atomic E-state index is 6.27. The fourth-order valence-corrected chi connectivity index (χ4v) is 5.38. The van der Waals surface area contributed by atoms with E-state index in [1.54, 1.807) is 0 Å². The highest BCUT2D eigenvalue weighted by Gasteiger charge is 2.28. The highest BCUT2D eigenvalue weighted by molar-refractivity contribution is 5.96. The minimum absolute atomic E-state index is 0.224. The number of rotatable bonds is 4. The van der Waals surface area contributed by atoms with E-state index in [1.807, 2.05) is 12.1 Å². The summed E-state index contributed by atoms with van der Waals surface area (Å²) in [5, 5.41) is 1.22. The predicted molar refractivity (Wildman–Crippen MR) is 144 cm³/mol. The average molecular weight is 469 g/mol. The van der Waals surface area contributed by atoms with Gasteiger partial charge in [-0.2, -0.15) is 4.57 Å². The van der Waals surface area contributed by atoms with Crippen molar-refractivity contribution in [1.82, 2.24) is 9.55 Å². The lowest BCUT2D eigenvalue weighted by atomic mass is 9.98. The zero-order valence-electron chi connectivity index (χ0n) is 20.1. The maximum absolute atomic E-state index is 6.27. The Kier molecular flexibility index (Phi) is 4.84. The number of hydrogen-bond donors (Lipinski definition) is 0. The molecule has 0 fully saturated rings. The quantitative estimate of drug-likeness (QED) is 0.262. The van der Waals surface area contributed by atoms with Gasteiger partial charge in [0.25, 0.3) is 5.52 Å². The summed E-state index contributed by atoms with van der Waals surface area (Å²) in [5.41, 5.74) is 7.86. The molecule has 1 aliphatic rings. The second kappa shape index (κ2) is 8.35. The van der Waals surface area contributed by atoms with Crippen LogP contribution in [-0.4, -0.2) is 15.7 Å². The molecule has 0 radical (unpaired) electrons. The van der Waals surface area contributed by atoms with Crippen LogP contribution in [0, 0.1) is 0 Å². The summed E-state index contributed by atoms with van der Waals surface area (Å²) in [7, 11) is 0. The first-order valence-electron chi connectivity index (χ1n) is 12.6. The van der Waals surface area contributed by atoms with Gasteiger partial charge in [-0.15, -0.1) is 0 Å². The Hall–Kier alpha value is -4.44. The topological polar surface area (TPSA) is 30.9 Å². The van der Waals surface area contributed by atoms with Crippen LogP contribution >= 0.6 is 0 Å². The van der Waals surface area contributed by atoms with E-state index in [4.69, 9.17) is 9.72 Å². The van der Waals surface area contributed by atoms with Gasteiger partial charge in [0.1, 0.15) is 5.82 Å². The molecule has 6 aromatic rings. The molecule has 7 rings (SSSR count). The summed E-state index contributed by atoms with van der Waals surface area (Å²) in [6.07, 6.45) is 3.39. The molecule has 0 spiro atoms. The van der Waals surface area contributed by atoms with Crippen LogP contribution in [0.5, 0.6) is 5.75 Å². The Bertz CT molecular complexity index is 1710. The van der Waals surface area contributed by atoms with E-state index in [-0.39, 0.29) is 6.10 Å². The van der Waals surface area contributed by atoms with Crippen LogP contribution < -0.4 is 9.30 Å². The molecule has 3 heterocycles. The molecular formula is C32H26N3O+. The summed E-state index contributed by atoms with van der Waals surface area (Å²) < 4.78 is 10.8. The summed E-state index contributed by atoms with van der Waals surface area (Å²) in [5.74, 6) is 1.92. The number of aromatic nitrogens is 3. The third-order valence-corrected chi connectivity index (χ3v) is 7.17. The van der Waals surface area contributed by atoms with Crippen molar-refractivity contribution in [3.8, 4) is 34.0 Å². The second-order valence-corrected chi connectivity index (χ2v) is 9.35. The number of ether oxygens (including phenoxy) is 1. The monoisotopic (exact) mass is 468 g/mol. The van der Waals surface area contributed by atoms with E-state index in [1.165, 1.54) is 22.0 Å². The molecule has 2 aromatic heterocycles. The highest BCUT2D eigenvalue weighted by atomic mass is 16.5. The minimum Gasteiger partial charge on any atom is -0.477 e. The van der Waals surface area contributed by atoms with Crippen LogP contribution in [0.2, 0.25) is 0 Å². The predicted octanol–water partition coefficient (Wildman–Crippen LogP) is 6.97. The summed E-state index contributed by atoms with van der Waals surface area (Å²) in [6, 6.07) is 36.2. The highest BCUT2D eigenvalue weighted by Crippen LogP contribution is 2.36. The van der Waals surface area contributed by atoms with Gasteiger partial charge in [0.05, 0.1) is 16.4 Å². The first kappa shape index (κ1) is 20.9. The number of benzene rings is 4. The molecule has 4 heteroatoms. The summed E-state index contributed by atoms with van der Waals surface area (Å²) in [6.45, 7) is 3.07. The van der Waals surface area contributed by atoms with Gasteiger partial charge in [-0.25, -0.2) is 4.98 Å². The van der Waals surface area contributed by atoms with Gasteiger partial charge in [0.2, 0.25) is 0 Å². The molecule has 0 N–H and O–H groups in total. The number of para-hydroxylation sites is 3. The molecule has 1 atom stereocenters. The molecule has 4 aromatic carbocycles. The molecule has 36 heavy (non-hydrogen) atoms. The maximum Gasteiger partial charge on any atom is 0.255 e. The molecule has 4 nitrogen and oxygen atoms in total. The van der Waals surface area contributed by atoms with E-state index in [0.29, 0.717) is 0 Å². The SMILES string of the molecule is CCC1C[n+]2cccc3c(-c4ccc(-c5nc6ccccc6n5-c5ccccc5)cc4)ccc(c32)O1. The first-order chi connectivity index (χ1) is 17.8. The molecule has 1 aliphatic heterocycles. The van der Waals surface area contributed by atoms with Crippen molar-refractivity contribution in [3.63, 3.8) is 0 Å². The Morgan fingerprint density at radius 1 is 0.833 bits per heavy atom. The van der Waals surface area contributed by atoms with Crippen molar-refractivity contribution in [2.75, 3.05) is 0 Å². The van der Waals surface area contributed by atoms with Crippen LogP contribution in [0.4, 0.5) is 0 Å². The van der Waals surface area contributed by atoms with Gasteiger partial charge < -0.3 is 4.74 Å². The molecule has 0 saturated heterocycles. The Morgan fingerprint density at radius 2 is 1.61 bits per heavy atom. The fraction of sp³-hybridized carbons (Fsp3) is 0.125. The van der Waals surface area contributed by atoms with Crippen molar-refractivity contribution in [2.45, 2.75) is 26.0 Å². The average Bonchev–Trinajstić information content (AvgIpc) is 3.33. The van der Waals surface area contributed by atoms with Crippen molar-refractivity contribution in [1.29, 1.82) is 0 Å². The van der Waals surface area contributed by atoms with Crippen LogP contribution in [0.3, 0.4) is 0 Å². The van der Waals surface area contributed by atoms with E-state index >= 15 is 0 Å². The molecule has 0 aliphatic carbocycles. The van der Waals surface area contributed by atoms with Crippen molar-refractivity contribution < 1.29 is 9.30 Å². The normalized spacial score (nSPS) is 14.8. The first-order valence-corrected chi connectivity index (χ1v) is 12.6. The number of imidazole rings is 1. The van der Waals surface area contributed by atoms with Gasteiger partial charge >= 0.3 is 0 Å². The van der Waals surface area contributed by atoms with Crippen LogP contribution in [0.25, 0.3) is 50.1 Å². The molecule has 0 bridgehead atoms. The standard InChI is InChI=1S/C32H26N3O/c1-2-25-21-34-20-8-11-27-26(18-19-30(36-25)31(27)34)22-14-16-23(17-15-22)32-33-28-12-6-7-13-29(28)35(32)24-9-4-3-5-10-24/h3-20,25H,2,21H2,1H3/q+1. The molecule has 0 amide bonds. The third-order valence-electron chi connectivity index (χ3n) is 7.17. The van der Waals surface area contributed by atoms with E-state index in [0.717, 1.165) is 46.8 Å². The van der Waals surface area contributed by atoms with Crippen molar-refractivity contribution in [2.24, 2.45) is 0 Å². The molecular weight excluding hydrogens is 442 g/mol. The lowest BCUT2D eigenvalue weighted by molar-refractivity contribution is -0.682. The van der Waals surface area contributed by atoms with Gasteiger partial charge in [0, 0.05) is 17.3 Å². The number of hydrogen-bond acceptors (Lipinski definition) is 2. The number of pyridine rings is 1. The zero-order chi connectivity index (χ0) is 24.1.